The van der Waals surface area contributed by atoms with Crippen molar-refractivity contribution in [3.63, 3.8) is 0 Å². The van der Waals surface area contributed by atoms with E-state index >= 15 is 0 Å². The average Bonchev–Trinajstić information content (AvgIpc) is 2.75. The molecule has 0 fully saturated rings. The highest BCUT2D eigenvalue weighted by Gasteiger charge is 2.12. The summed E-state index contributed by atoms with van der Waals surface area (Å²) in [5, 5.41) is 2.35. The van der Waals surface area contributed by atoms with Gasteiger partial charge < -0.3 is 14.5 Å². The molecular weight excluding hydrogens is 214 g/mol. The molecule has 3 heteroatoms. The average molecular weight is 227 g/mol. The van der Waals surface area contributed by atoms with Crippen molar-refractivity contribution >= 4 is 21.8 Å². The van der Waals surface area contributed by atoms with Crippen LogP contribution in [0, 0.1) is 0 Å². The molecule has 1 N–H and O–H groups in total. The zero-order valence-corrected chi connectivity index (χ0v) is 9.78. The highest BCUT2D eigenvalue weighted by Crippen LogP contribution is 2.38. The van der Waals surface area contributed by atoms with Gasteiger partial charge in [0, 0.05) is 16.3 Å². The Balaban J connectivity index is 2.47. The third kappa shape index (κ3) is 1.35. The zero-order valence-electron chi connectivity index (χ0n) is 9.78. The summed E-state index contributed by atoms with van der Waals surface area (Å²) in [6.07, 6.45) is 0. The number of methoxy groups -OCH3 is 2. The molecule has 3 nitrogen and oxygen atoms in total. The second-order valence-corrected chi connectivity index (χ2v) is 3.89. The van der Waals surface area contributed by atoms with Crippen LogP contribution in [0.15, 0.2) is 36.4 Å². The molecular formula is C14H13NO2. The van der Waals surface area contributed by atoms with Crippen LogP contribution >= 0.6 is 0 Å². The Morgan fingerprint density at radius 3 is 2.47 bits per heavy atom. The quantitative estimate of drug-likeness (QED) is 0.728. The van der Waals surface area contributed by atoms with Crippen molar-refractivity contribution in [2.24, 2.45) is 0 Å². The fraction of sp³-hybridized carbons (Fsp3) is 0.143. The van der Waals surface area contributed by atoms with Crippen LogP contribution in [-0.2, 0) is 0 Å². The maximum Gasteiger partial charge on any atom is 0.184 e. The fourth-order valence-corrected chi connectivity index (χ4v) is 2.24. The Kier molecular flexibility index (Phi) is 2.18. The molecule has 0 amide bonds. The van der Waals surface area contributed by atoms with Gasteiger partial charge in [0.2, 0.25) is 0 Å². The summed E-state index contributed by atoms with van der Waals surface area (Å²) < 4.78 is 10.7. The molecule has 0 aliphatic rings. The summed E-state index contributed by atoms with van der Waals surface area (Å²) in [6, 6.07) is 12.2. The second kappa shape index (κ2) is 3.70. The van der Waals surface area contributed by atoms with Crippen molar-refractivity contribution in [1.29, 1.82) is 0 Å². The van der Waals surface area contributed by atoms with Crippen molar-refractivity contribution in [2.75, 3.05) is 14.2 Å². The molecule has 2 aromatic carbocycles. The topological polar surface area (TPSA) is 34.2 Å². The van der Waals surface area contributed by atoms with Crippen LogP contribution in [0.4, 0.5) is 0 Å². The number of nitrogens with one attached hydrogen (secondary N) is 1. The highest BCUT2D eigenvalue weighted by molar-refractivity contribution is 6.09. The molecule has 0 saturated heterocycles. The van der Waals surface area contributed by atoms with Crippen molar-refractivity contribution in [3.8, 4) is 11.5 Å². The van der Waals surface area contributed by atoms with Gasteiger partial charge in [-0.05, 0) is 18.2 Å². The zero-order chi connectivity index (χ0) is 11.8. The van der Waals surface area contributed by atoms with E-state index in [1.165, 1.54) is 5.39 Å². The number of ether oxygens (including phenoxy) is 2. The Bertz CT molecular complexity index is 685. The predicted molar refractivity (Wildman–Crippen MR) is 68.9 cm³/mol. The predicted octanol–water partition coefficient (Wildman–Crippen LogP) is 3.34. The number of fused-ring (bicyclic) bond motifs is 3. The molecule has 0 spiro atoms. The van der Waals surface area contributed by atoms with Gasteiger partial charge in [-0.2, -0.15) is 0 Å². The smallest absolute Gasteiger partial charge is 0.184 e. The van der Waals surface area contributed by atoms with Gasteiger partial charge >= 0.3 is 0 Å². The summed E-state index contributed by atoms with van der Waals surface area (Å²) in [5.74, 6) is 1.49. The van der Waals surface area contributed by atoms with E-state index in [2.05, 4.69) is 23.2 Å². The number of hydrogen-bond donors (Lipinski definition) is 1. The normalized spacial score (nSPS) is 10.9. The molecule has 0 saturated carbocycles. The molecule has 1 aromatic heterocycles. The lowest BCUT2D eigenvalue weighted by Crippen LogP contribution is -1.90. The lowest BCUT2D eigenvalue weighted by atomic mass is 10.1. The number of para-hydroxylation sites is 1. The first-order valence-corrected chi connectivity index (χ1v) is 5.46. The summed E-state index contributed by atoms with van der Waals surface area (Å²) in [4.78, 5) is 3.37. The second-order valence-electron chi connectivity index (χ2n) is 3.89. The highest BCUT2D eigenvalue weighted by atomic mass is 16.5. The van der Waals surface area contributed by atoms with E-state index in [0.29, 0.717) is 0 Å². The molecule has 0 bridgehead atoms. The first-order chi connectivity index (χ1) is 8.35. The van der Waals surface area contributed by atoms with Crippen molar-refractivity contribution < 1.29 is 9.47 Å². The molecule has 1 heterocycles. The van der Waals surface area contributed by atoms with E-state index in [4.69, 9.17) is 9.47 Å². The van der Waals surface area contributed by atoms with E-state index in [9.17, 15) is 0 Å². The van der Waals surface area contributed by atoms with Gasteiger partial charge in [0.15, 0.2) is 11.5 Å². The van der Waals surface area contributed by atoms with Gasteiger partial charge in [-0.25, -0.2) is 0 Å². The van der Waals surface area contributed by atoms with Crippen LogP contribution in [0.5, 0.6) is 11.5 Å². The molecule has 3 aromatic rings. The third-order valence-corrected chi connectivity index (χ3v) is 3.02. The summed E-state index contributed by atoms with van der Waals surface area (Å²) in [6.45, 7) is 0. The SMILES string of the molecule is COc1ccc2c([nH]c3ccccc32)c1OC. The summed E-state index contributed by atoms with van der Waals surface area (Å²) in [5.41, 5.74) is 2.09. The Labute approximate surface area is 99.0 Å². The number of aromatic nitrogens is 1. The van der Waals surface area contributed by atoms with Crippen molar-refractivity contribution in [3.05, 3.63) is 36.4 Å². The van der Waals surface area contributed by atoms with Gasteiger partial charge in [0.25, 0.3) is 0 Å². The number of aromatic amines is 1. The Morgan fingerprint density at radius 2 is 1.71 bits per heavy atom. The van der Waals surface area contributed by atoms with Gasteiger partial charge in [0.05, 0.1) is 19.7 Å². The fourth-order valence-electron chi connectivity index (χ4n) is 2.24. The van der Waals surface area contributed by atoms with Gasteiger partial charge in [-0.1, -0.05) is 18.2 Å². The van der Waals surface area contributed by atoms with Crippen molar-refractivity contribution in [1.82, 2.24) is 4.98 Å². The number of rotatable bonds is 2. The molecule has 3 rings (SSSR count). The van der Waals surface area contributed by atoms with E-state index < -0.39 is 0 Å². The van der Waals surface area contributed by atoms with E-state index in [1.807, 2.05) is 18.2 Å². The molecule has 0 unspecified atom stereocenters. The summed E-state index contributed by atoms with van der Waals surface area (Å²) >= 11 is 0. The lowest BCUT2D eigenvalue weighted by molar-refractivity contribution is 0.358. The summed E-state index contributed by atoms with van der Waals surface area (Å²) in [7, 11) is 3.30. The minimum absolute atomic E-state index is 0.742. The van der Waals surface area contributed by atoms with Crippen LogP contribution in [0.3, 0.4) is 0 Å². The Hall–Kier alpha value is -2.16. The van der Waals surface area contributed by atoms with Crippen LogP contribution < -0.4 is 9.47 Å². The van der Waals surface area contributed by atoms with Crippen molar-refractivity contribution in [2.45, 2.75) is 0 Å². The van der Waals surface area contributed by atoms with Gasteiger partial charge in [-0.15, -0.1) is 0 Å². The molecule has 0 aliphatic carbocycles. The van der Waals surface area contributed by atoms with Crippen LogP contribution in [0.25, 0.3) is 21.8 Å². The number of H-pyrrole nitrogens is 1. The minimum atomic E-state index is 0.742. The van der Waals surface area contributed by atoms with Crippen LogP contribution in [0.1, 0.15) is 0 Å². The number of hydrogen-bond acceptors (Lipinski definition) is 2. The monoisotopic (exact) mass is 227 g/mol. The molecule has 0 atom stereocenters. The first-order valence-electron chi connectivity index (χ1n) is 5.46. The maximum absolute atomic E-state index is 5.42. The Morgan fingerprint density at radius 1 is 0.882 bits per heavy atom. The van der Waals surface area contributed by atoms with E-state index in [-0.39, 0.29) is 0 Å². The standard InChI is InChI=1S/C14H13NO2/c1-16-12-8-7-10-9-5-3-4-6-11(9)15-13(10)14(12)17-2/h3-8,15H,1-2H3. The minimum Gasteiger partial charge on any atom is -0.493 e. The van der Waals surface area contributed by atoms with E-state index in [1.54, 1.807) is 14.2 Å². The largest absolute Gasteiger partial charge is 0.493 e. The van der Waals surface area contributed by atoms with Crippen LogP contribution in [0.2, 0.25) is 0 Å². The third-order valence-electron chi connectivity index (χ3n) is 3.02. The lowest BCUT2D eigenvalue weighted by Gasteiger charge is -2.07. The van der Waals surface area contributed by atoms with Gasteiger partial charge in [0.1, 0.15) is 0 Å². The van der Waals surface area contributed by atoms with Crippen LogP contribution in [-0.4, -0.2) is 19.2 Å². The molecule has 0 aliphatic heterocycles. The molecule has 0 radical (unpaired) electrons. The molecule has 17 heavy (non-hydrogen) atoms. The first kappa shape index (κ1) is 10.0. The van der Waals surface area contributed by atoms with E-state index in [0.717, 1.165) is 27.9 Å². The van der Waals surface area contributed by atoms with Gasteiger partial charge in [-0.3, -0.25) is 0 Å². The molecule has 86 valence electrons. The maximum atomic E-state index is 5.42. The number of benzene rings is 2.